The molecule has 7 heteroatoms. The second kappa shape index (κ2) is 9.12. The molecular weight excluding hydrogens is 360 g/mol. The van der Waals surface area contributed by atoms with Gasteiger partial charge in [0, 0.05) is 24.6 Å². The van der Waals surface area contributed by atoms with Crippen molar-refractivity contribution in [3.8, 4) is 0 Å². The van der Waals surface area contributed by atoms with Gasteiger partial charge in [-0.1, -0.05) is 24.3 Å². The first-order valence-corrected chi connectivity index (χ1v) is 9.32. The molecule has 1 aliphatic rings. The zero-order valence-corrected chi connectivity index (χ0v) is 15.5. The highest BCUT2D eigenvalue weighted by Crippen LogP contribution is 2.24. The molecule has 0 bridgehead atoms. The van der Waals surface area contributed by atoms with Gasteiger partial charge >= 0.3 is 5.97 Å². The van der Waals surface area contributed by atoms with Crippen LogP contribution in [0.3, 0.4) is 0 Å². The number of carbonyl (C=O) groups excluding carboxylic acids is 2. The molecule has 7 nitrogen and oxygen atoms in total. The maximum absolute atomic E-state index is 12.2. The summed E-state index contributed by atoms with van der Waals surface area (Å²) in [5.41, 5.74) is 3.47. The van der Waals surface area contributed by atoms with E-state index in [2.05, 4.69) is 5.32 Å². The topological polar surface area (TPSA) is 98.5 Å². The van der Waals surface area contributed by atoms with Crippen LogP contribution in [0.4, 0.5) is 11.4 Å². The molecule has 1 aliphatic carbocycles. The number of fused-ring (bicyclic) bond motifs is 1. The predicted molar refractivity (Wildman–Crippen MR) is 105 cm³/mol. The minimum Gasteiger partial charge on any atom is -0.457 e. The summed E-state index contributed by atoms with van der Waals surface area (Å²) in [7, 11) is 0. The number of nitro benzene ring substituents is 1. The number of carbonyl (C=O) groups is 2. The van der Waals surface area contributed by atoms with Crippen LogP contribution >= 0.6 is 0 Å². The van der Waals surface area contributed by atoms with Gasteiger partial charge in [0.15, 0.2) is 12.4 Å². The third-order valence-electron chi connectivity index (χ3n) is 4.76. The summed E-state index contributed by atoms with van der Waals surface area (Å²) in [4.78, 5) is 34.5. The van der Waals surface area contributed by atoms with Crippen LogP contribution in [0, 0.1) is 10.1 Å². The van der Waals surface area contributed by atoms with E-state index in [1.807, 2.05) is 12.1 Å². The molecule has 0 saturated carbocycles. The summed E-state index contributed by atoms with van der Waals surface area (Å²) in [6.45, 7) is 0.119. The van der Waals surface area contributed by atoms with E-state index in [4.69, 9.17) is 4.74 Å². The minimum atomic E-state index is -0.459. The Kier molecular flexibility index (Phi) is 6.37. The van der Waals surface area contributed by atoms with E-state index in [9.17, 15) is 19.7 Å². The van der Waals surface area contributed by atoms with Crippen molar-refractivity contribution in [3.05, 3.63) is 69.3 Å². The van der Waals surface area contributed by atoms with Crippen LogP contribution in [0.1, 0.15) is 40.7 Å². The van der Waals surface area contributed by atoms with Crippen molar-refractivity contribution in [2.75, 3.05) is 18.5 Å². The van der Waals surface area contributed by atoms with Gasteiger partial charge in [-0.25, -0.2) is 0 Å². The fourth-order valence-corrected chi connectivity index (χ4v) is 3.28. The predicted octanol–water partition coefficient (Wildman–Crippen LogP) is 3.70. The average Bonchev–Trinajstić information content (AvgIpc) is 3.17. The monoisotopic (exact) mass is 382 g/mol. The molecule has 3 rings (SSSR count). The first-order chi connectivity index (χ1) is 13.5. The van der Waals surface area contributed by atoms with Gasteiger partial charge in [0.25, 0.3) is 5.69 Å². The van der Waals surface area contributed by atoms with Crippen molar-refractivity contribution in [1.82, 2.24) is 0 Å². The maximum Gasteiger partial charge on any atom is 0.306 e. The molecular formula is C21H22N2O5. The number of hydrogen-bond donors (Lipinski definition) is 1. The van der Waals surface area contributed by atoms with Gasteiger partial charge in [-0.3, -0.25) is 19.7 Å². The number of nitro groups is 1. The number of para-hydroxylation sites is 2. The van der Waals surface area contributed by atoms with E-state index >= 15 is 0 Å². The summed E-state index contributed by atoms with van der Waals surface area (Å²) >= 11 is 0. The van der Waals surface area contributed by atoms with Gasteiger partial charge in [-0.05, 0) is 48.9 Å². The average molecular weight is 382 g/mol. The molecule has 0 saturated heterocycles. The largest absolute Gasteiger partial charge is 0.457 e. The lowest BCUT2D eigenvalue weighted by molar-refractivity contribution is -0.384. The third-order valence-corrected chi connectivity index (χ3v) is 4.76. The molecule has 0 radical (unpaired) electrons. The lowest BCUT2D eigenvalue weighted by Gasteiger charge is -2.08. The second-order valence-electron chi connectivity index (χ2n) is 6.73. The fourth-order valence-electron chi connectivity index (χ4n) is 3.28. The van der Waals surface area contributed by atoms with Gasteiger partial charge in [-0.2, -0.15) is 0 Å². The van der Waals surface area contributed by atoms with Crippen molar-refractivity contribution in [2.45, 2.75) is 32.1 Å². The minimum absolute atomic E-state index is 0.00924. The number of aryl methyl sites for hydroxylation is 2. The normalized spacial score (nSPS) is 12.3. The Bertz CT molecular complexity index is 894. The van der Waals surface area contributed by atoms with Crippen molar-refractivity contribution in [3.63, 3.8) is 0 Å². The van der Waals surface area contributed by atoms with E-state index in [-0.39, 0.29) is 24.5 Å². The van der Waals surface area contributed by atoms with Crippen molar-refractivity contribution < 1.29 is 19.2 Å². The Hall–Kier alpha value is -3.22. The number of Topliss-reactive ketones (excluding diaryl/α,β-unsaturated/α-hetero) is 1. The Morgan fingerprint density at radius 2 is 1.89 bits per heavy atom. The smallest absolute Gasteiger partial charge is 0.306 e. The summed E-state index contributed by atoms with van der Waals surface area (Å²) in [5.74, 6) is -0.667. The molecule has 0 heterocycles. The first kappa shape index (κ1) is 19.5. The van der Waals surface area contributed by atoms with Crippen molar-refractivity contribution >= 4 is 23.1 Å². The molecule has 0 fully saturated rings. The Morgan fingerprint density at radius 3 is 2.71 bits per heavy atom. The van der Waals surface area contributed by atoms with Crippen molar-refractivity contribution in [2.24, 2.45) is 0 Å². The molecule has 0 spiro atoms. The third kappa shape index (κ3) is 4.94. The number of rotatable bonds is 9. The van der Waals surface area contributed by atoms with Crippen LogP contribution in [0.15, 0.2) is 42.5 Å². The van der Waals surface area contributed by atoms with E-state index in [1.54, 1.807) is 24.3 Å². The van der Waals surface area contributed by atoms with Gasteiger partial charge in [-0.15, -0.1) is 0 Å². The maximum atomic E-state index is 12.2. The lowest BCUT2D eigenvalue weighted by Crippen LogP contribution is -2.15. The van der Waals surface area contributed by atoms with Gasteiger partial charge in [0.2, 0.25) is 0 Å². The van der Waals surface area contributed by atoms with Gasteiger partial charge in [0.05, 0.1) is 4.92 Å². The molecule has 146 valence electrons. The molecule has 2 aromatic carbocycles. The van der Waals surface area contributed by atoms with Crippen LogP contribution in [-0.4, -0.2) is 29.8 Å². The number of hydrogen-bond acceptors (Lipinski definition) is 6. The van der Waals surface area contributed by atoms with Crippen LogP contribution in [-0.2, 0) is 22.4 Å². The van der Waals surface area contributed by atoms with Crippen LogP contribution < -0.4 is 5.32 Å². The Labute approximate surface area is 162 Å². The summed E-state index contributed by atoms with van der Waals surface area (Å²) in [6.07, 6.45) is 3.73. The highest BCUT2D eigenvalue weighted by molar-refractivity contribution is 5.98. The molecule has 0 amide bonds. The molecule has 0 aromatic heterocycles. The zero-order chi connectivity index (χ0) is 19.9. The number of ether oxygens (including phenoxy) is 1. The van der Waals surface area contributed by atoms with E-state index in [0.717, 1.165) is 19.3 Å². The van der Waals surface area contributed by atoms with E-state index < -0.39 is 10.9 Å². The second-order valence-corrected chi connectivity index (χ2v) is 6.73. The number of nitrogens with one attached hydrogen (secondary N) is 1. The van der Waals surface area contributed by atoms with Crippen molar-refractivity contribution in [1.29, 1.82) is 0 Å². The standard InChI is InChI=1S/C21H22N2O5/c24-20(17-11-10-15-5-3-6-16(15)13-17)14-28-21(25)9-4-12-22-18-7-1-2-8-19(18)23(26)27/h1-2,7-8,10-11,13,22H,3-6,9,12,14H2. The SMILES string of the molecule is O=C(CCCNc1ccccc1[N+](=O)[O-])OCC(=O)c1ccc2c(c1)CCC2. The highest BCUT2D eigenvalue weighted by Gasteiger charge is 2.15. The molecule has 0 atom stereocenters. The lowest BCUT2D eigenvalue weighted by atomic mass is 10.0. The molecule has 0 aliphatic heterocycles. The Balaban J connectivity index is 1.39. The van der Waals surface area contributed by atoms with Crippen LogP contribution in [0.2, 0.25) is 0 Å². The summed E-state index contributed by atoms with van der Waals surface area (Å²) < 4.78 is 5.07. The Morgan fingerprint density at radius 1 is 1.11 bits per heavy atom. The summed E-state index contributed by atoms with van der Waals surface area (Å²) in [5, 5.41) is 13.9. The van der Waals surface area contributed by atoms with Gasteiger partial charge < -0.3 is 10.1 Å². The number of esters is 1. The molecule has 28 heavy (non-hydrogen) atoms. The fraction of sp³-hybridized carbons (Fsp3) is 0.333. The van der Waals surface area contributed by atoms with Gasteiger partial charge in [0.1, 0.15) is 5.69 Å². The molecule has 1 N–H and O–H groups in total. The summed E-state index contributed by atoms with van der Waals surface area (Å²) in [6, 6.07) is 12.0. The number of ketones is 1. The number of anilines is 1. The van der Waals surface area contributed by atoms with Crippen LogP contribution in [0.5, 0.6) is 0 Å². The van der Waals surface area contributed by atoms with E-state index in [0.29, 0.717) is 24.2 Å². The quantitative estimate of drug-likeness (QED) is 0.233. The number of benzene rings is 2. The zero-order valence-electron chi connectivity index (χ0n) is 15.5. The molecule has 2 aromatic rings. The van der Waals surface area contributed by atoms with E-state index in [1.165, 1.54) is 17.2 Å². The van der Waals surface area contributed by atoms with Crippen LogP contribution in [0.25, 0.3) is 0 Å². The molecule has 0 unspecified atom stereocenters. The first-order valence-electron chi connectivity index (χ1n) is 9.32. The number of nitrogens with zero attached hydrogens (tertiary/aromatic N) is 1. The highest BCUT2D eigenvalue weighted by atomic mass is 16.6.